The molecule has 0 spiro atoms. The number of hydrogen-bond donors (Lipinski definition) is 0. The minimum absolute atomic E-state index is 0.143. The Kier molecular flexibility index (Phi) is 4.20. The molecule has 0 radical (unpaired) electrons. The molecule has 0 unspecified atom stereocenters. The van der Waals surface area contributed by atoms with Crippen LogP contribution < -0.4 is 4.74 Å². The molecule has 1 heterocycles. The zero-order valence-corrected chi connectivity index (χ0v) is 12.7. The number of alkyl halides is 3. The second-order valence-corrected chi connectivity index (χ2v) is 5.07. The van der Waals surface area contributed by atoms with Crippen molar-refractivity contribution in [3.63, 3.8) is 0 Å². The molecule has 3 rings (SSSR count). The molecule has 8 heteroatoms. The lowest BCUT2D eigenvalue weighted by atomic mass is 10.1. The van der Waals surface area contributed by atoms with Gasteiger partial charge in [0, 0.05) is 5.56 Å². The fourth-order valence-electron chi connectivity index (χ4n) is 2.19. The maximum absolute atomic E-state index is 12.8. The fourth-order valence-corrected chi connectivity index (χ4v) is 2.19. The third-order valence-corrected chi connectivity index (χ3v) is 3.36. The number of benzene rings is 2. The van der Waals surface area contributed by atoms with Gasteiger partial charge in [-0.2, -0.15) is 18.0 Å². The Morgan fingerprint density at radius 2 is 1.88 bits per heavy atom. The lowest BCUT2D eigenvalue weighted by Gasteiger charge is -2.06. The van der Waals surface area contributed by atoms with E-state index < -0.39 is 11.7 Å². The Morgan fingerprint density at radius 1 is 1.08 bits per heavy atom. The third-order valence-electron chi connectivity index (χ3n) is 3.36. The van der Waals surface area contributed by atoms with E-state index in [1.165, 1.54) is 16.9 Å². The van der Waals surface area contributed by atoms with Crippen LogP contribution in [-0.4, -0.2) is 27.3 Å². The number of rotatable bonds is 4. The van der Waals surface area contributed by atoms with Gasteiger partial charge in [-0.3, -0.25) is 0 Å². The average Bonchev–Trinajstić information content (AvgIpc) is 3.03. The summed E-state index contributed by atoms with van der Waals surface area (Å²) in [6, 6.07) is 12.2. The van der Waals surface area contributed by atoms with Gasteiger partial charge in [0.05, 0.1) is 19.2 Å². The molecule has 0 atom stereocenters. The van der Waals surface area contributed by atoms with Crippen molar-refractivity contribution in [2.45, 2.75) is 12.7 Å². The SMILES string of the molecule is COc1cccc(Cn2nnc(-c3cccc(C(F)(F)F)c3)n2)c1. The van der Waals surface area contributed by atoms with E-state index in [1.54, 1.807) is 7.11 Å². The molecule has 3 aromatic rings. The zero-order valence-electron chi connectivity index (χ0n) is 12.7. The number of ether oxygens (including phenoxy) is 1. The number of hydrogen-bond acceptors (Lipinski definition) is 4. The number of tetrazole rings is 1. The Morgan fingerprint density at radius 3 is 2.62 bits per heavy atom. The molecular formula is C16H13F3N4O. The molecule has 0 aliphatic rings. The summed E-state index contributed by atoms with van der Waals surface area (Å²) in [5, 5.41) is 11.9. The third kappa shape index (κ3) is 3.53. The summed E-state index contributed by atoms with van der Waals surface area (Å²) in [5.74, 6) is 0.842. The topological polar surface area (TPSA) is 52.8 Å². The predicted octanol–water partition coefficient (Wildman–Crippen LogP) is 3.42. The lowest BCUT2D eigenvalue weighted by Crippen LogP contribution is -2.05. The largest absolute Gasteiger partial charge is 0.497 e. The summed E-state index contributed by atoms with van der Waals surface area (Å²) >= 11 is 0. The Hall–Kier alpha value is -2.90. The van der Waals surface area contributed by atoms with Crippen molar-refractivity contribution in [2.24, 2.45) is 0 Å². The highest BCUT2D eigenvalue weighted by Crippen LogP contribution is 2.31. The Bertz CT molecular complexity index is 845. The lowest BCUT2D eigenvalue weighted by molar-refractivity contribution is -0.137. The monoisotopic (exact) mass is 334 g/mol. The van der Waals surface area contributed by atoms with Gasteiger partial charge in [0.25, 0.3) is 0 Å². The first kappa shape index (κ1) is 16.0. The highest BCUT2D eigenvalue weighted by atomic mass is 19.4. The molecule has 0 amide bonds. The second kappa shape index (κ2) is 6.31. The summed E-state index contributed by atoms with van der Waals surface area (Å²) in [5.41, 5.74) is 0.410. The molecule has 0 bridgehead atoms. The number of halogens is 3. The first-order valence-electron chi connectivity index (χ1n) is 7.04. The van der Waals surface area contributed by atoms with Crippen molar-refractivity contribution >= 4 is 0 Å². The Balaban J connectivity index is 1.83. The zero-order chi connectivity index (χ0) is 17.2. The van der Waals surface area contributed by atoms with Crippen LogP contribution in [0, 0.1) is 0 Å². The highest BCUT2D eigenvalue weighted by molar-refractivity contribution is 5.55. The van der Waals surface area contributed by atoms with Crippen molar-refractivity contribution in [3.05, 3.63) is 59.7 Å². The van der Waals surface area contributed by atoms with Crippen molar-refractivity contribution in [1.82, 2.24) is 20.2 Å². The van der Waals surface area contributed by atoms with Gasteiger partial charge in [0.1, 0.15) is 5.75 Å². The van der Waals surface area contributed by atoms with Crippen molar-refractivity contribution in [3.8, 4) is 17.1 Å². The maximum atomic E-state index is 12.8. The summed E-state index contributed by atoms with van der Waals surface area (Å²) in [7, 11) is 1.57. The highest BCUT2D eigenvalue weighted by Gasteiger charge is 2.30. The van der Waals surface area contributed by atoms with Crippen LogP contribution in [0.1, 0.15) is 11.1 Å². The van der Waals surface area contributed by atoms with Crippen LogP contribution in [0.2, 0.25) is 0 Å². The molecule has 0 aliphatic carbocycles. The van der Waals surface area contributed by atoms with Gasteiger partial charge < -0.3 is 4.74 Å². The summed E-state index contributed by atoms with van der Waals surface area (Å²) in [4.78, 5) is 1.32. The van der Waals surface area contributed by atoms with Crippen molar-refractivity contribution in [1.29, 1.82) is 0 Å². The molecule has 24 heavy (non-hydrogen) atoms. The van der Waals surface area contributed by atoms with E-state index in [-0.39, 0.29) is 11.4 Å². The van der Waals surface area contributed by atoms with Gasteiger partial charge >= 0.3 is 6.18 Å². The summed E-state index contributed by atoms with van der Waals surface area (Å²) in [6.07, 6.45) is -4.41. The molecule has 0 N–H and O–H groups in total. The molecule has 0 saturated heterocycles. The van der Waals surface area contributed by atoms with Crippen LogP contribution in [0.4, 0.5) is 13.2 Å². The first-order valence-corrected chi connectivity index (χ1v) is 7.04. The number of nitrogens with zero attached hydrogens (tertiary/aromatic N) is 4. The van der Waals surface area contributed by atoms with Gasteiger partial charge in [-0.1, -0.05) is 24.3 Å². The molecule has 1 aromatic heterocycles. The van der Waals surface area contributed by atoms with Gasteiger partial charge in [0.15, 0.2) is 0 Å². The Labute approximate surface area is 135 Å². The van der Waals surface area contributed by atoms with Gasteiger partial charge in [-0.25, -0.2) is 0 Å². The van der Waals surface area contributed by atoms with Crippen molar-refractivity contribution < 1.29 is 17.9 Å². The van der Waals surface area contributed by atoms with Crippen LogP contribution in [0.25, 0.3) is 11.4 Å². The number of methoxy groups -OCH3 is 1. The van der Waals surface area contributed by atoms with Crippen LogP contribution in [0.5, 0.6) is 5.75 Å². The minimum atomic E-state index is -4.41. The maximum Gasteiger partial charge on any atom is 0.416 e. The van der Waals surface area contributed by atoms with E-state index in [2.05, 4.69) is 15.4 Å². The van der Waals surface area contributed by atoms with E-state index in [9.17, 15) is 13.2 Å². The van der Waals surface area contributed by atoms with Crippen molar-refractivity contribution in [2.75, 3.05) is 7.11 Å². The summed E-state index contributed by atoms with van der Waals surface area (Å²) < 4.78 is 43.5. The fraction of sp³-hybridized carbons (Fsp3) is 0.188. The second-order valence-electron chi connectivity index (χ2n) is 5.07. The van der Waals surface area contributed by atoms with E-state index in [0.717, 1.165) is 17.7 Å². The van der Waals surface area contributed by atoms with Crippen LogP contribution in [0.15, 0.2) is 48.5 Å². The van der Waals surface area contributed by atoms with Gasteiger partial charge in [-0.05, 0) is 35.0 Å². The molecule has 2 aromatic carbocycles. The first-order chi connectivity index (χ1) is 11.5. The summed E-state index contributed by atoms with van der Waals surface area (Å²) in [6.45, 7) is 0.336. The standard InChI is InChI=1S/C16H13F3N4O/c1-24-14-7-2-4-11(8-14)10-23-21-15(20-22-23)12-5-3-6-13(9-12)16(17,18)19/h2-9H,10H2,1H3. The molecule has 5 nitrogen and oxygen atoms in total. The molecule has 0 fully saturated rings. The minimum Gasteiger partial charge on any atom is -0.497 e. The normalized spacial score (nSPS) is 11.5. The van der Waals surface area contributed by atoms with Crippen LogP contribution in [0.3, 0.4) is 0 Å². The van der Waals surface area contributed by atoms with E-state index >= 15 is 0 Å². The predicted molar refractivity (Wildman–Crippen MR) is 80.4 cm³/mol. The molecule has 124 valence electrons. The molecule has 0 aliphatic heterocycles. The van der Waals surface area contributed by atoms with E-state index in [4.69, 9.17) is 4.74 Å². The number of aromatic nitrogens is 4. The molecule has 0 saturated carbocycles. The molecular weight excluding hydrogens is 321 g/mol. The quantitative estimate of drug-likeness (QED) is 0.734. The van der Waals surface area contributed by atoms with E-state index in [1.807, 2.05) is 24.3 Å². The van der Waals surface area contributed by atoms with Gasteiger partial charge in [-0.15, -0.1) is 10.2 Å². The van der Waals surface area contributed by atoms with Crippen LogP contribution >= 0.6 is 0 Å². The van der Waals surface area contributed by atoms with Crippen LogP contribution in [-0.2, 0) is 12.7 Å². The smallest absolute Gasteiger partial charge is 0.416 e. The average molecular weight is 334 g/mol. The van der Waals surface area contributed by atoms with E-state index in [0.29, 0.717) is 12.3 Å². The van der Waals surface area contributed by atoms with Gasteiger partial charge in [0.2, 0.25) is 5.82 Å².